The Bertz CT molecular complexity index is 372. The average molecular weight is 211 g/mol. The molecule has 0 saturated heterocycles. The highest BCUT2D eigenvalue weighted by Crippen LogP contribution is 2.33. The van der Waals surface area contributed by atoms with Gasteiger partial charge >= 0.3 is 0 Å². The summed E-state index contributed by atoms with van der Waals surface area (Å²) in [6.07, 6.45) is 1.15. The number of allylic oxidation sites excluding steroid dienone is 1. The molecular weight excluding hydrogens is 198 g/mol. The number of hydrogen-bond donors (Lipinski definition) is 1. The number of nitrogens with two attached hydrogens (primary N) is 1. The van der Waals surface area contributed by atoms with E-state index in [9.17, 15) is 0 Å². The second kappa shape index (κ2) is 3.67. The Hall–Kier alpha value is -0.940. The molecule has 0 aliphatic carbocycles. The van der Waals surface area contributed by atoms with Crippen LogP contribution in [0, 0.1) is 0 Å². The molecule has 1 aliphatic heterocycles. The van der Waals surface area contributed by atoms with Crippen LogP contribution in [0.1, 0.15) is 30.8 Å². The first-order valence-electron chi connectivity index (χ1n) is 4.60. The maximum atomic E-state index is 5.61. The van der Waals surface area contributed by atoms with Crippen molar-refractivity contribution in [2.24, 2.45) is 5.73 Å². The number of hydrogen-bond acceptors (Lipinski definition) is 5. The second-order valence-corrected chi connectivity index (χ2v) is 4.25. The molecule has 0 amide bonds. The van der Waals surface area contributed by atoms with Crippen LogP contribution in [-0.2, 0) is 11.3 Å². The van der Waals surface area contributed by atoms with Crippen LogP contribution in [0.5, 0.6) is 0 Å². The van der Waals surface area contributed by atoms with Gasteiger partial charge in [0.25, 0.3) is 0 Å². The molecule has 14 heavy (non-hydrogen) atoms. The predicted molar refractivity (Wildman–Crippen MR) is 55.6 cm³/mol. The van der Waals surface area contributed by atoms with Crippen LogP contribution in [0.3, 0.4) is 0 Å². The minimum absolute atomic E-state index is 0.248. The Morgan fingerprint density at radius 2 is 2.43 bits per heavy atom. The van der Waals surface area contributed by atoms with E-state index in [0.29, 0.717) is 6.54 Å². The van der Waals surface area contributed by atoms with Gasteiger partial charge in [-0.3, -0.25) is 0 Å². The molecule has 5 heteroatoms. The molecule has 1 aliphatic rings. The van der Waals surface area contributed by atoms with Gasteiger partial charge in [-0.1, -0.05) is 4.49 Å². The van der Waals surface area contributed by atoms with E-state index >= 15 is 0 Å². The lowest BCUT2D eigenvalue weighted by atomic mass is 10.1. The van der Waals surface area contributed by atoms with Crippen molar-refractivity contribution in [3.05, 3.63) is 16.3 Å². The highest BCUT2D eigenvalue weighted by atomic mass is 32.1. The van der Waals surface area contributed by atoms with E-state index in [1.54, 1.807) is 0 Å². The molecule has 1 atom stereocenters. The van der Waals surface area contributed by atoms with Crippen LogP contribution in [0.2, 0.25) is 0 Å². The molecular formula is C9H13N3OS. The highest BCUT2D eigenvalue weighted by molar-refractivity contribution is 7.05. The van der Waals surface area contributed by atoms with Gasteiger partial charge in [-0.15, -0.1) is 5.10 Å². The van der Waals surface area contributed by atoms with Gasteiger partial charge in [-0.2, -0.15) is 0 Å². The topological polar surface area (TPSA) is 61.0 Å². The van der Waals surface area contributed by atoms with E-state index in [4.69, 9.17) is 10.5 Å². The monoisotopic (exact) mass is 211 g/mol. The minimum Gasteiger partial charge on any atom is -0.495 e. The molecule has 76 valence electrons. The Kier molecular flexibility index (Phi) is 2.52. The van der Waals surface area contributed by atoms with E-state index in [1.165, 1.54) is 11.5 Å². The Labute approximate surface area is 86.9 Å². The van der Waals surface area contributed by atoms with Crippen molar-refractivity contribution in [1.29, 1.82) is 0 Å². The number of ether oxygens (including phenoxy) is 1. The largest absolute Gasteiger partial charge is 0.495 e. The van der Waals surface area contributed by atoms with Crippen LogP contribution in [-0.4, -0.2) is 15.7 Å². The lowest BCUT2D eigenvalue weighted by Gasteiger charge is -2.01. The number of aromatic nitrogens is 2. The van der Waals surface area contributed by atoms with Crippen LogP contribution in [0.15, 0.2) is 5.76 Å². The maximum Gasteiger partial charge on any atom is 0.109 e. The average Bonchev–Trinajstić information content (AvgIpc) is 2.71. The van der Waals surface area contributed by atoms with Crippen molar-refractivity contribution in [1.82, 2.24) is 9.59 Å². The molecule has 0 aromatic carbocycles. The zero-order valence-electron chi connectivity index (χ0n) is 8.28. The third kappa shape index (κ3) is 1.53. The second-order valence-electron chi connectivity index (χ2n) is 3.42. The molecule has 0 fully saturated rings. The SMILES string of the molecule is CC1=C(c2nnsc2CN)CC(C)O1. The Morgan fingerprint density at radius 1 is 1.64 bits per heavy atom. The third-order valence-corrected chi connectivity index (χ3v) is 3.07. The van der Waals surface area contributed by atoms with E-state index < -0.39 is 0 Å². The lowest BCUT2D eigenvalue weighted by molar-refractivity contribution is 0.162. The van der Waals surface area contributed by atoms with E-state index in [0.717, 1.165) is 28.3 Å². The minimum atomic E-state index is 0.248. The summed E-state index contributed by atoms with van der Waals surface area (Å²) in [5.41, 5.74) is 7.70. The van der Waals surface area contributed by atoms with Gasteiger partial charge in [0.15, 0.2) is 0 Å². The first kappa shape index (κ1) is 9.61. The maximum absolute atomic E-state index is 5.61. The summed E-state index contributed by atoms with van der Waals surface area (Å²) in [5, 5.41) is 4.10. The standard InChI is InChI=1S/C9H13N3OS/c1-5-3-7(6(2)13-5)9-8(4-10)14-12-11-9/h5H,3-4,10H2,1-2H3. The smallest absolute Gasteiger partial charge is 0.109 e. The van der Waals surface area contributed by atoms with Gasteiger partial charge in [0, 0.05) is 18.5 Å². The van der Waals surface area contributed by atoms with Crippen LogP contribution < -0.4 is 5.73 Å². The third-order valence-electron chi connectivity index (χ3n) is 2.32. The fourth-order valence-corrected chi connectivity index (χ4v) is 2.23. The quantitative estimate of drug-likeness (QED) is 0.806. The van der Waals surface area contributed by atoms with Gasteiger partial charge in [-0.05, 0) is 25.4 Å². The van der Waals surface area contributed by atoms with Crippen molar-refractivity contribution < 1.29 is 4.74 Å². The van der Waals surface area contributed by atoms with Crippen molar-refractivity contribution >= 4 is 17.1 Å². The predicted octanol–water partition coefficient (Wildman–Crippen LogP) is 1.54. The van der Waals surface area contributed by atoms with Crippen molar-refractivity contribution in [3.63, 3.8) is 0 Å². The molecule has 4 nitrogen and oxygen atoms in total. The van der Waals surface area contributed by atoms with Crippen LogP contribution in [0.25, 0.3) is 5.57 Å². The first-order chi connectivity index (χ1) is 6.72. The molecule has 2 N–H and O–H groups in total. The summed E-state index contributed by atoms with van der Waals surface area (Å²) in [6.45, 7) is 4.52. The Morgan fingerprint density at radius 3 is 3.00 bits per heavy atom. The van der Waals surface area contributed by atoms with Gasteiger partial charge in [-0.25, -0.2) is 0 Å². The van der Waals surface area contributed by atoms with Gasteiger partial charge in [0.05, 0.1) is 16.7 Å². The summed E-state index contributed by atoms with van der Waals surface area (Å²) in [5.74, 6) is 0.958. The lowest BCUT2D eigenvalue weighted by Crippen LogP contribution is -2.00. The summed E-state index contributed by atoms with van der Waals surface area (Å²) in [4.78, 5) is 1.04. The normalized spacial score (nSPS) is 21.5. The Balaban J connectivity index is 2.36. The molecule has 1 aromatic rings. The number of rotatable bonds is 2. The van der Waals surface area contributed by atoms with Crippen molar-refractivity contribution in [2.45, 2.75) is 32.9 Å². The van der Waals surface area contributed by atoms with E-state index in [-0.39, 0.29) is 6.10 Å². The molecule has 0 bridgehead atoms. The van der Waals surface area contributed by atoms with E-state index in [2.05, 4.69) is 16.5 Å². The molecule has 0 spiro atoms. The summed E-state index contributed by atoms with van der Waals surface area (Å²) in [6, 6.07) is 0. The summed E-state index contributed by atoms with van der Waals surface area (Å²) >= 11 is 1.36. The first-order valence-corrected chi connectivity index (χ1v) is 5.37. The van der Waals surface area contributed by atoms with Gasteiger partial charge in [0.1, 0.15) is 5.69 Å². The molecule has 2 heterocycles. The highest BCUT2D eigenvalue weighted by Gasteiger charge is 2.24. The van der Waals surface area contributed by atoms with Crippen LogP contribution >= 0.6 is 11.5 Å². The van der Waals surface area contributed by atoms with E-state index in [1.807, 2.05) is 6.92 Å². The molecule has 1 unspecified atom stereocenters. The molecule has 0 saturated carbocycles. The number of nitrogens with zero attached hydrogens (tertiary/aromatic N) is 2. The fraction of sp³-hybridized carbons (Fsp3) is 0.556. The zero-order chi connectivity index (χ0) is 10.1. The van der Waals surface area contributed by atoms with Crippen molar-refractivity contribution in [2.75, 3.05) is 0 Å². The fourth-order valence-electron chi connectivity index (χ4n) is 1.68. The summed E-state index contributed by atoms with van der Waals surface area (Å²) < 4.78 is 9.49. The zero-order valence-corrected chi connectivity index (χ0v) is 9.10. The van der Waals surface area contributed by atoms with Gasteiger partial charge < -0.3 is 10.5 Å². The summed E-state index contributed by atoms with van der Waals surface area (Å²) in [7, 11) is 0. The van der Waals surface area contributed by atoms with Gasteiger partial charge in [0.2, 0.25) is 0 Å². The molecule has 1 aromatic heterocycles. The molecule has 0 radical (unpaired) electrons. The van der Waals surface area contributed by atoms with Crippen LogP contribution in [0.4, 0.5) is 0 Å². The van der Waals surface area contributed by atoms with Crippen molar-refractivity contribution in [3.8, 4) is 0 Å². The molecule has 2 rings (SSSR count).